The first-order valence-corrected chi connectivity index (χ1v) is 16.5. The lowest BCUT2D eigenvalue weighted by Crippen LogP contribution is -2.11. The number of nitrogens with zero attached hydrogens (tertiary/aromatic N) is 2. The Kier molecular flexibility index (Phi) is 7.02. The number of aryl methyl sites for hydroxylation is 1. The van der Waals surface area contributed by atoms with E-state index in [9.17, 15) is 0 Å². The van der Waals surface area contributed by atoms with Gasteiger partial charge in [-0.05, 0) is 115 Å². The van der Waals surface area contributed by atoms with Gasteiger partial charge in [-0.1, -0.05) is 118 Å². The molecule has 1 aliphatic carbocycles. The van der Waals surface area contributed by atoms with E-state index < -0.39 is 0 Å². The fourth-order valence-corrected chi connectivity index (χ4v) is 7.30. The minimum Gasteiger partial charge on any atom is -0.265 e. The summed E-state index contributed by atoms with van der Waals surface area (Å²) in [5.74, 6) is 0. The van der Waals surface area contributed by atoms with Gasteiger partial charge < -0.3 is 0 Å². The molecule has 0 bridgehead atoms. The number of aromatic nitrogens is 1. The van der Waals surface area contributed by atoms with Gasteiger partial charge >= 0.3 is 0 Å². The highest BCUT2D eigenvalue weighted by Crippen LogP contribution is 2.45. The molecule has 0 unspecified atom stereocenters. The molecule has 0 radical (unpaired) electrons. The topological polar surface area (TPSA) is 25.2 Å². The summed E-state index contributed by atoms with van der Waals surface area (Å²) in [5, 5.41) is 5.21. The molecule has 1 aromatic heterocycles. The minimum atomic E-state index is 0.0845. The summed E-state index contributed by atoms with van der Waals surface area (Å²) < 4.78 is 0. The van der Waals surface area contributed by atoms with Gasteiger partial charge in [-0.2, -0.15) is 0 Å². The summed E-state index contributed by atoms with van der Waals surface area (Å²) in [7, 11) is 0. The van der Waals surface area contributed by atoms with Crippen LogP contribution in [0.15, 0.2) is 132 Å². The van der Waals surface area contributed by atoms with Crippen LogP contribution in [0.2, 0.25) is 0 Å². The summed E-state index contributed by atoms with van der Waals surface area (Å²) in [6, 6.07) is 38.3. The number of fused-ring (bicyclic) bond motifs is 3. The number of pyridine rings is 1. The maximum Gasteiger partial charge on any atom is 0.0666 e. The molecule has 224 valence electrons. The van der Waals surface area contributed by atoms with E-state index in [0.29, 0.717) is 0 Å². The van der Waals surface area contributed by atoms with Gasteiger partial charge in [0.2, 0.25) is 0 Å². The first-order valence-electron chi connectivity index (χ1n) is 16.5. The molecule has 0 atom stereocenters. The molecule has 2 nitrogen and oxygen atoms in total. The molecule has 8 rings (SSSR count). The Morgan fingerprint density at radius 2 is 1.24 bits per heavy atom. The van der Waals surface area contributed by atoms with Gasteiger partial charge in [0.05, 0.1) is 5.70 Å². The van der Waals surface area contributed by atoms with E-state index >= 15 is 0 Å². The normalized spacial score (nSPS) is 14.9. The molecule has 0 spiro atoms. The molecule has 0 amide bonds. The van der Waals surface area contributed by atoms with Crippen molar-refractivity contribution in [3.05, 3.63) is 149 Å². The molecule has 1 aliphatic heterocycles. The van der Waals surface area contributed by atoms with Gasteiger partial charge in [-0.15, -0.1) is 0 Å². The van der Waals surface area contributed by atoms with Crippen molar-refractivity contribution in [2.75, 3.05) is 0 Å². The summed E-state index contributed by atoms with van der Waals surface area (Å²) in [5.41, 5.74) is 14.2. The van der Waals surface area contributed by atoms with Gasteiger partial charge in [0.25, 0.3) is 0 Å². The summed E-state index contributed by atoms with van der Waals surface area (Å²) >= 11 is 0. The first-order chi connectivity index (χ1) is 22.4. The van der Waals surface area contributed by atoms with Crippen LogP contribution in [-0.2, 0) is 11.8 Å². The average molecular weight is 595 g/mol. The van der Waals surface area contributed by atoms with Crippen LogP contribution in [0.25, 0.3) is 55.6 Å². The number of rotatable bonds is 4. The highest BCUT2D eigenvalue weighted by Gasteiger charge is 2.21. The van der Waals surface area contributed by atoms with Crippen LogP contribution in [0, 0.1) is 0 Å². The third-order valence-corrected chi connectivity index (χ3v) is 9.69. The Hall–Kier alpha value is -5.08. The molecule has 46 heavy (non-hydrogen) atoms. The maximum absolute atomic E-state index is 5.12. The standard InChI is InChI=1S/C44H38N2/c1-44(2,3)35-11-8-10-33(28-35)42-36-12-4-6-14-38(36)43(39-15-7-5-13-37(39)42)34-21-19-30-26-32(20-18-31(30)27-34)41-17-9-16-40(46-41)29-22-24-45-25-23-29/h4-8,10-16,19,21-28H,9,17-18,20H2,1-3H3. The van der Waals surface area contributed by atoms with E-state index in [1.54, 1.807) is 0 Å². The molecule has 0 fully saturated rings. The molecule has 0 N–H and O–H groups in total. The van der Waals surface area contributed by atoms with Crippen molar-refractivity contribution < 1.29 is 0 Å². The number of hydrogen-bond acceptors (Lipinski definition) is 2. The lowest BCUT2D eigenvalue weighted by atomic mass is 9.81. The van der Waals surface area contributed by atoms with E-state index in [1.807, 2.05) is 24.5 Å². The molecule has 2 aliphatic rings. The highest BCUT2D eigenvalue weighted by molar-refractivity contribution is 6.21. The van der Waals surface area contributed by atoms with Crippen molar-refractivity contribution in [1.82, 2.24) is 4.98 Å². The van der Waals surface area contributed by atoms with Crippen molar-refractivity contribution >= 4 is 39.0 Å². The second-order valence-corrected chi connectivity index (χ2v) is 13.7. The van der Waals surface area contributed by atoms with E-state index in [4.69, 9.17) is 4.99 Å². The van der Waals surface area contributed by atoms with Gasteiger partial charge in [0.1, 0.15) is 0 Å². The molecular formula is C44H38N2. The average Bonchev–Trinajstić information content (AvgIpc) is 3.10. The smallest absolute Gasteiger partial charge is 0.0666 e. The second kappa shape index (κ2) is 11.4. The Morgan fingerprint density at radius 1 is 0.587 bits per heavy atom. The predicted molar refractivity (Wildman–Crippen MR) is 196 cm³/mol. The van der Waals surface area contributed by atoms with Crippen LogP contribution in [0.5, 0.6) is 0 Å². The zero-order chi connectivity index (χ0) is 31.3. The number of allylic oxidation sites excluding steroid dienone is 2. The lowest BCUT2D eigenvalue weighted by molar-refractivity contribution is 0.590. The number of hydrogen-bond donors (Lipinski definition) is 0. The first kappa shape index (κ1) is 28.4. The molecule has 0 saturated heterocycles. The third-order valence-electron chi connectivity index (χ3n) is 9.69. The fraction of sp³-hybridized carbons (Fsp3) is 0.182. The lowest BCUT2D eigenvalue weighted by Gasteiger charge is -2.23. The van der Waals surface area contributed by atoms with Crippen molar-refractivity contribution in [2.24, 2.45) is 4.99 Å². The van der Waals surface area contributed by atoms with E-state index in [0.717, 1.165) is 36.9 Å². The Bertz CT molecular complexity index is 2170. The molecular weight excluding hydrogens is 556 g/mol. The SMILES string of the molecule is CC(C)(C)c1cccc(-c2c3ccccc3c(-c3ccc4c(c3)CCC(C3=NC(c5ccncc5)=CCC3)=C4)c3ccccc23)c1. The largest absolute Gasteiger partial charge is 0.265 e. The summed E-state index contributed by atoms with van der Waals surface area (Å²) in [4.78, 5) is 9.29. The Labute approximate surface area is 271 Å². The zero-order valence-corrected chi connectivity index (χ0v) is 26.8. The van der Waals surface area contributed by atoms with Crippen LogP contribution >= 0.6 is 0 Å². The van der Waals surface area contributed by atoms with Crippen molar-refractivity contribution in [2.45, 2.75) is 51.9 Å². The summed E-state index contributed by atoms with van der Waals surface area (Å²) in [6.07, 6.45) is 12.4. The summed E-state index contributed by atoms with van der Waals surface area (Å²) in [6.45, 7) is 6.87. The van der Waals surface area contributed by atoms with Gasteiger partial charge in [0, 0.05) is 23.7 Å². The third kappa shape index (κ3) is 5.08. The fourth-order valence-electron chi connectivity index (χ4n) is 7.30. The molecule has 6 aromatic rings. The van der Waals surface area contributed by atoms with Crippen LogP contribution in [0.4, 0.5) is 0 Å². The van der Waals surface area contributed by atoms with Gasteiger partial charge in [0.15, 0.2) is 0 Å². The maximum atomic E-state index is 5.12. The van der Waals surface area contributed by atoms with Crippen LogP contribution < -0.4 is 0 Å². The predicted octanol–water partition coefficient (Wildman–Crippen LogP) is 11.6. The second-order valence-electron chi connectivity index (χ2n) is 13.7. The van der Waals surface area contributed by atoms with E-state index in [1.165, 1.54) is 71.8 Å². The van der Waals surface area contributed by atoms with Gasteiger partial charge in [-0.3, -0.25) is 9.98 Å². The Balaban J connectivity index is 1.24. The molecule has 2 heterocycles. The van der Waals surface area contributed by atoms with Crippen LogP contribution in [0.3, 0.4) is 0 Å². The number of aliphatic imine (C=N–C) groups is 1. The van der Waals surface area contributed by atoms with Crippen molar-refractivity contribution in [3.8, 4) is 22.3 Å². The zero-order valence-electron chi connectivity index (χ0n) is 26.8. The van der Waals surface area contributed by atoms with Gasteiger partial charge in [-0.25, -0.2) is 0 Å². The van der Waals surface area contributed by atoms with Crippen LogP contribution in [-0.4, -0.2) is 10.7 Å². The van der Waals surface area contributed by atoms with Crippen molar-refractivity contribution in [1.29, 1.82) is 0 Å². The monoisotopic (exact) mass is 594 g/mol. The molecule has 5 aromatic carbocycles. The van der Waals surface area contributed by atoms with Crippen molar-refractivity contribution in [3.63, 3.8) is 0 Å². The highest BCUT2D eigenvalue weighted by atomic mass is 14.8. The number of benzene rings is 5. The quantitative estimate of drug-likeness (QED) is 0.186. The van der Waals surface area contributed by atoms with E-state index in [-0.39, 0.29) is 5.41 Å². The van der Waals surface area contributed by atoms with Crippen LogP contribution in [0.1, 0.15) is 62.3 Å². The van der Waals surface area contributed by atoms with E-state index in [2.05, 4.69) is 129 Å². The Morgan fingerprint density at radius 3 is 1.89 bits per heavy atom. The molecule has 0 saturated carbocycles. The minimum absolute atomic E-state index is 0.0845. The molecule has 2 heteroatoms.